The van der Waals surface area contributed by atoms with Crippen LogP contribution in [-0.2, 0) is 11.2 Å². The summed E-state index contributed by atoms with van der Waals surface area (Å²) in [6, 6.07) is 14.6. The molecule has 0 fully saturated rings. The molecule has 0 bridgehead atoms. The van der Waals surface area contributed by atoms with Crippen LogP contribution < -0.4 is 15.4 Å². The number of benzene rings is 2. The minimum atomic E-state index is -0.181. The normalized spacial score (nSPS) is 10.4. The molecule has 3 rings (SSSR count). The first-order valence-electron chi connectivity index (χ1n) is 8.80. The van der Waals surface area contributed by atoms with Crippen LogP contribution in [0.1, 0.15) is 22.3 Å². The summed E-state index contributed by atoms with van der Waals surface area (Å²) in [4.78, 5) is 28.1. The fraction of sp³-hybridized carbons (Fsp3) is 0.190. The van der Waals surface area contributed by atoms with Gasteiger partial charge in [-0.2, -0.15) is 0 Å². The molecule has 28 heavy (non-hydrogen) atoms. The van der Waals surface area contributed by atoms with Crippen molar-refractivity contribution in [3.63, 3.8) is 0 Å². The highest BCUT2D eigenvalue weighted by Crippen LogP contribution is 2.24. The lowest BCUT2D eigenvalue weighted by Crippen LogP contribution is -2.25. The van der Waals surface area contributed by atoms with Crippen LogP contribution in [0.25, 0.3) is 11.3 Å². The summed E-state index contributed by atoms with van der Waals surface area (Å²) in [5, 5.41) is 8.53. The zero-order chi connectivity index (χ0) is 19.9. The van der Waals surface area contributed by atoms with Gasteiger partial charge >= 0.3 is 0 Å². The van der Waals surface area contributed by atoms with Crippen LogP contribution in [0, 0.1) is 0 Å². The largest absolute Gasteiger partial charge is 0.497 e. The summed E-state index contributed by atoms with van der Waals surface area (Å²) in [6.07, 6.45) is 0.651. The number of methoxy groups -OCH3 is 1. The molecule has 144 valence electrons. The lowest BCUT2D eigenvalue weighted by atomic mass is 10.2. The van der Waals surface area contributed by atoms with E-state index in [2.05, 4.69) is 15.6 Å². The maximum Gasteiger partial charge on any atom is 0.251 e. The van der Waals surface area contributed by atoms with Gasteiger partial charge in [0.1, 0.15) is 5.75 Å². The highest BCUT2D eigenvalue weighted by Gasteiger charge is 2.08. The van der Waals surface area contributed by atoms with Crippen LogP contribution in [0.4, 0.5) is 5.69 Å². The van der Waals surface area contributed by atoms with E-state index in [1.54, 1.807) is 42.7 Å². The summed E-state index contributed by atoms with van der Waals surface area (Å²) in [7, 11) is 1.64. The van der Waals surface area contributed by atoms with E-state index in [1.807, 2.05) is 29.6 Å². The lowest BCUT2D eigenvalue weighted by molar-refractivity contribution is -0.114. The predicted molar refractivity (Wildman–Crippen MR) is 111 cm³/mol. The summed E-state index contributed by atoms with van der Waals surface area (Å²) in [6.45, 7) is 1.92. The number of nitrogens with zero attached hydrogens (tertiary/aromatic N) is 1. The van der Waals surface area contributed by atoms with Crippen LogP contribution in [0.5, 0.6) is 5.75 Å². The van der Waals surface area contributed by atoms with Crippen molar-refractivity contribution in [1.29, 1.82) is 0 Å². The van der Waals surface area contributed by atoms with Gasteiger partial charge in [-0.1, -0.05) is 6.07 Å². The van der Waals surface area contributed by atoms with Gasteiger partial charge in [0.2, 0.25) is 5.91 Å². The molecule has 0 atom stereocenters. The van der Waals surface area contributed by atoms with Crippen molar-refractivity contribution in [3.05, 3.63) is 64.5 Å². The maximum atomic E-state index is 12.3. The number of rotatable bonds is 7. The molecule has 0 aliphatic heterocycles. The van der Waals surface area contributed by atoms with E-state index in [4.69, 9.17) is 4.74 Å². The van der Waals surface area contributed by atoms with Crippen LogP contribution >= 0.6 is 11.3 Å². The highest BCUT2D eigenvalue weighted by molar-refractivity contribution is 7.09. The molecule has 0 unspecified atom stereocenters. The summed E-state index contributed by atoms with van der Waals surface area (Å²) in [5.74, 6) is 0.456. The van der Waals surface area contributed by atoms with Crippen molar-refractivity contribution in [3.8, 4) is 17.0 Å². The average Bonchev–Trinajstić information content (AvgIpc) is 3.16. The second-order valence-corrected chi connectivity index (χ2v) is 7.07. The molecule has 1 aromatic heterocycles. The predicted octanol–water partition coefficient (Wildman–Crippen LogP) is 3.75. The number of ether oxygens (including phenoxy) is 1. The number of thiazole rings is 1. The number of carbonyl (C=O) groups excluding carboxylic acids is 2. The third kappa shape index (κ3) is 5.17. The summed E-state index contributed by atoms with van der Waals surface area (Å²) < 4.78 is 5.17. The van der Waals surface area contributed by atoms with Crippen LogP contribution in [0.2, 0.25) is 0 Å². The molecule has 0 aliphatic rings. The SMILES string of the molecule is COc1ccc(-c2csc(CCNC(=O)c3cccc(NC(C)=O)c3)n2)cc1. The monoisotopic (exact) mass is 395 g/mol. The van der Waals surface area contributed by atoms with Gasteiger partial charge in [0.15, 0.2) is 0 Å². The smallest absolute Gasteiger partial charge is 0.251 e. The van der Waals surface area contributed by atoms with Crippen molar-refractivity contribution in [2.75, 3.05) is 19.0 Å². The molecule has 2 N–H and O–H groups in total. The van der Waals surface area contributed by atoms with E-state index in [1.165, 1.54) is 6.92 Å². The molecule has 0 radical (unpaired) electrons. The van der Waals surface area contributed by atoms with Crippen LogP contribution in [0.3, 0.4) is 0 Å². The molecule has 2 aromatic carbocycles. The van der Waals surface area contributed by atoms with Crippen LogP contribution in [-0.4, -0.2) is 30.5 Å². The molecule has 6 nitrogen and oxygen atoms in total. The van der Waals surface area contributed by atoms with E-state index in [0.29, 0.717) is 24.2 Å². The van der Waals surface area contributed by atoms with Gasteiger partial charge in [-0.25, -0.2) is 4.98 Å². The number of hydrogen-bond donors (Lipinski definition) is 2. The summed E-state index contributed by atoms with van der Waals surface area (Å²) in [5.41, 5.74) is 3.05. The Morgan fingerprint density at radius 1 is 1.14 bits per heavy atom. The minimum Gasteiger partial charge on any atom is -0.497 e. The van der Waals surface area contributed by atoms with Gasteiger partial charge < -0.3 is 15.4 Å². The Hall–Kier alpha value is -3.19. The second-order valence-electron chi connectivity index (χ2n) is 6.12. The van der Waals surface area contributed by atoms with E-state index < -0.39 is 0 Å². The molecule has 0 aliphatic carbocycles. The third-order valence-corrected chi connectivity index (χ3v) is 4.92. The Morgan fingerprint density at radius 3 is 2.64 bits per heavy atom. The van der Waals surface area contributed by atoms with E-state index in [9.17, 15) is 9.59 Å². The van der Waals surface area contributed by atoms with Crippen LogP contribution in [0.15, 0.2) is 53.9 Å². The number of aromatic nitrogens is 1. The quantitative estimate of drug-likeness (QED) is 0.638. The average molecular weight is 395 g/mol. The number of amides is 2. The summed E-state index contributed by atoms with van der Waals surface area (Å²) >= 11 is 1.57. The van der Waals surface area contributed by atoms with E-state index in [0.717, 1.165) is 22.0 Å². The molecule has 3 aromatic rings. The van der Waals surface area contributed by atoms with Crippen molar-refractivity contribution in [1.82, 2.24) is 10.3 Å². The Balaban J connectivity index is 1.54. The molecule has 0 saturated carbocycles. The van der Waals surface area contributed by atoms with Crippen molar-refractivity contribution in [2.24, 2.45) is 0 Å². The third-order valence-electron chi connectivity index (χ3n) is 4.01. The van der Waals surface area contributed by atoms with Gasteiger partial charge in [0, 0.05) is 42.1 Å². The second kappa shape index (κ2) is 9.14. The van der Waals surface area contributed by atoms with Crippen molar-refractivity contribution < 1.29 is 14.3 Å². The Kier molecular flexibility index (Phi) is 6.39. The molecule has 0 spiro atoms. The Morgan fingerprint density at radius 2 is 1.93 bits per heavy atom. The fourth-order valence-electron chi connectivity index (χ4n) is 2.65. The standard InChI is InChI=1S/C21H21N3O3S/c1-14(25)23-17-5-3-4-16(12-17)21(26)22-11-10-20-24-19(13-28-20)15-6-8-18(27-2)9-7-15/h3-9,12-13H,10-11H2,1-2H3,(H,22,26)(H,23,25). The minimum absolute atomic E-state index is 0.172. The first-order valence-corrected chi connectivity index (χ1v) is 9.68. The molecule has 7 heteroatoms. The topological polar surface area (TPSA) is 80.3 Å². The zero-order valence-corrected chi connectivity index (χ0v) is 16.5. The number of carbonyl (C=O) groups is 2. The molecule has 0 saturated heterocycles. The number of hydrogen-bond acceptors (Lipinski definition) is 5. The number of nitrogens with one attached hydrogen (secondary N) is 2. The Bertz CT molecular complexity index is 967. The molecular weight excluding hydrogens is 374 g/mol. The van der Waals surface area contributed by atoms with Gasteiger partial charge in [-0.05, 0) is 42.5 Å². The lowest BCUT2D eigenvalue weighted by Gasteiger charge is -2.07. The van der Waals surface area contributed by atoms with Crippen molar-refractivity contribution >= 4 is 28.8 Å². The van der Waals surface area contributed by atoms with E-state index >= 15 is 0 Å². The number of anilines is 1. The van der Waals surface area contributed by atoms with Gasteiger partial charge in [0.25, 0.3) is 5.91 Å². The first-order chi connectivity index (χ1) is 13.5. The van der Waals surface area contributed by atoms with Gasteiger partial charge in [0.05, 0.1) is 17.8 Å². The Labute approximate surface area is 167 Å². The van der Waals surface area contributed by atoms with Gasteiger partial charge in [-0.15, -0.1) is 11.3 Å². The maximum absolute atomic E-state index is 12.3. The highest BCUT2D eigenvalue weighted by atomic mass is 32.1. The first kappa shape index (κ1) is 19.6. The molecule has 1 heterocycles. The molecular formula is C21H21N3O3S. The van der Waals surface area contributed by atoms with Crippen molar-refractivity contribution in [2.45, 2.75) is 13.3 Å². The van der Waals surface area contributed by atoms with Gasteiger partial charge in [-0.3, -0.25) is 9.59 Å². The molecule has 2 amide bonds. The van der Waals surface area contributed by atoms with E-state index in [-0.39, 0.29) is 11.8 Å². The fourth-order valence-corrected chi connectivity index (χ4v) is 3.45. The zero-order valence-electron chi connectivity index (χ0n) is 15.7.